The molecular weight excluding hydrogens is 352 g/mol. The molecule has 5 nitrogen and oxygen atoms in total. The van der Waals surface area contributed by atoms with E-state index in [0.29, 0.717) is 18.6 Å². The summed E-state index contributed by atoms with van der Waals surface area (Å²) in [5.41, 5.74) is 2.70. The Hall–Kier alpha value is -2.01. The summed E-state index contributed by atoms with van der Waals surface area (Å²) in [6, 6.07) is 6.16. The first-order valence-electron chi connectivity index (χ1n) is 10.4. The number of amides is 1. The standard InChI is InChI=1S/C23H32N2O3/c1-16(2)5-7-18-21(23(18,3)4)22(26)25-11-9-24(10-12-25)14-17-6-8-19-20(13-17)28-15-27-19/h5-6,8,13,18,21H,7,9-12,14-15H2,1-4H3/t18-,21-/m0/s1. The molecule has 28 heavy (non-hydrogen) atoms. The second-order valence-corrected chi connectivity index (χ2v) is 9.21. The van der Waals surface area contributed by atoms with Crippen molar-refractivity contribution in [1.82, 2.24) is 9.80 Å². The first-order chi connectivity index (χ1) is 13.4. The van der Waals surface area contributed by atoms with E-state index in [-0.39, 0.29) is 11.3 Å². The number of rotatable bonds is 5. The Balaban J connectivity index is 1.29. The molecule has 5 heteroatoms. The van der Waals surface area contributed by atoms with E-state index in [1.165, 1.54) is 11.1 Å². The SMILES string of the molecule is CC(C)=CC[C@H]1[C@@H](C(=O)N2CCN(Cc3ccc4c(c3)OCO4)CC2)C1(C)C. The monoisotopic (exact) mass is 384 g/mol. The van der Waals surface area contributed by atoms with Gasteiger partial charge in [0.2, 0.25) is 12.7 Å². The van der Waals surface area contributed by atoms with E-state index in [2.05, 4.69) is 55.7 Å². The Morgan fingerprint density at radius 1 is 1.14 bits per heavy atom. The van der Waals surface area contributed by atoms with E-state index >= 15 is 0 Å². The number of ether oxygens (including phenoxy) is 2. The van der Waals surface area contributed by atoms with Crippen molar-refractivity contribution in [2.24, 2.45) is 17.3 Å². The highest BCUT2D eigenvalue weighted by molar-refractivity contribution is 5.83. The molecule has 4 rings (SSSR count). The smallest absolute Gasteiger partial charge is 0.231 e. The summed E-state index contributed by atoms with van der Waals surface area (Å²) < 4.78 is 10.9. The zero-order valence-corrected chi connectivity index (χ0v) is 17.5. The van der Waals surface area contributed by atoms with E-state index in [1.54, 1.807) is 0 Å². The summed E-state index contributed by atoms with van der Waals surface area (Å²) >= 11 is 0. The van der Waals surface area contributed by atoms with E-state index < -0.39 is 0 Å². The van der Waals surface area contributed by atoms with Crippen molar-refractivity contribution >= 4 is 5.91 Å². The lowest BCUT2D eigenvalue weighted by Crippen LogP contribution is -2.49. The van der Waals surface area contributed by atoms with E-state index in [0.717, 1.165) is 50.6 Å². The van der Waals surface area contributed by atoms with Crippen LogP contribution in [0.15, 0.2) is 29.8 Å². The molecule has 2 aliphatic heterocycles. The van der Waals surface area contributed by atoms with Crippen LogP contribution in [0.2, 0.25) is 0 Å². The van der Waals surface area contributed by atoms with Crippen LogP contribution in [0.3, 0.4) is 0 Å². The molecule has 0 aromatic heterocycles. The van der Waals surface area contributed by atoms with E-state index in [4.69, 9.17) is 9.47 Å². The summed E-state index contributed by atoms with van der Waals surface area (Å²) in [5, 5.41) is 0. The predicted molar refractivity (Wildman–Crippen MR) is 109 cm³/mol. The average molecular weight is 385 g/mol. The van der Waals surface area contributed by atoms with Crippen molar-refractivity contribution in [3.63, 3.8) is 0 Å². The molecule has 0 N–H and O–H groups in total. The normalized spacial score (nSPS) is 25.5. The van der Waals surface area contributed by atoms with Gasteiger partial charge in [-0.2, -0.15) is 0 Å². The van der Waals surface area contributed by atoms with Crippen LogP contribution < -0.4 is 9.47 Å². The molecule has 1 saturated carbocycles. The van der Waals surface area contributed by atoms with Gasteiger partial charge in [-0.05, 0) is 49.3 Å². The number of nitrogens with zero attached hydrogens (tertiary/aromatic N) is 2. The fraction of sp³-hybridized carbons (Fsp3) is 0.609. The van der Waals surface area contributed by atoms with E-state index in [9.17, 15) is 4.79 Å². The Labute approximate surface area is 168 Å². The number of allylic oxidation sites excluding steroid dienone is 2. The number of hydrogen-bond acceptors (Lipinski definition) is 4. The predicted octanol–water partition coefficient (Wildman–Crippen LogP) is 3.69. The van der Waals surface area contributed by atoms with Crippen molar-refractivity contribution in [1.29, 1.82) is 0 Å². The Bertz CT molecular complexity index is 774. The molecule has 1 aromatic carbocycles. The van der Waals surface area contributed by atoms with Crippen LogP contribution in [0.5, 0.6) is 11.5 Å². The van der Waals surface area contributed by atoms with Gasteiger partial charge in [0.15, 0.2) is 11.5 Å². The van der Waals surface area contributed by atoms with Crippen LogP contribution in [-0.4, -0.2) is 48.7 Å². The molecule has 1 amide bonds. The van der Waals surface area contributed by atoms with Gasteiger partial charge in [0, 0.05) is 38.6 Å². The maximum Gasteiger partial charge on any atom is 0.231 e. The molecule has 1 aliphatic carbocycles. The minimum atomic E-state index is 0.132. The molecule has 0 bridgehead atoms. The van der Waals surface area contributed by atoms with Gasteiger partial charge in [-0.1, -0.05) is 31.6 Å². The number of fused-ring (bicyclic) bond motifs is 1. The molecule has 0 unspecified atom stereocenters. The highest BCUT2D eigenvalue weighted by Crippen LogP contribution is 2.60. The van der Waals surface area contributed by atoms with Gasteiger partial charge >= 0.3 is 0 Å². The van der Waals surface area contributed by atoms with Gasteiger partial charge in [-0.25, -0.2) is 0 Å². The number of carbonyl (C=O) groups is 1. The van der Waals surface area contributed by atoms with Gasteiger partial charge in [0.1, 0.15) is 0 Å². The van der Waals surface area contributed by atoms with Gasteiger partial charge in [-0.15, -0.1) is 0 Å². The van der Waals surface area contributed by atoms with Gasteiger partial charge in [-0.3, -0.25) is 9.69 Å². The third kappa shape index (κ3) is 3.77. The Kier molecular flexibility index (Phi) is 5.13. The maximum atomic E-state index is 13.1. The van der Waals surface area contributed by atoms with E-state index in [1.807, 2.05) is 6.07 Å². The zero-order valence-electron chi connectivity index (χ0n) is 17.5. The molecular formula is C23H32N2O3. The summed E-state index contributed by atoms with van der Waals surface area (Å²) in [7, 11) is 0. The minimum Gasteiger partial charge on any atom is -0.454 e. The van der Waals surface area contributed by atoms with Crippen molar-refractivity contribution in [2.45, 2.75) is 40.7 Å². The lowest BCUT2D eigenvalue weighted by atomic mass is 10.1. The zero-order chi connectivity index (χ0) is 19.9. The Morgan fingerprint density at radius 3 is 2.57 bits per heavy atom. The fourth-order valence-electron chi connectivity index (χ4n) is 4.66. The topological polar surface area (TPSA) is 42.0 Å². The highest BCUT2D eigenvalue weighted by Gasteiger charge is 2.61. The van der Waals surface area contributed by atoms with Crippen molar-refractivity contribution in [3.05, 3.63) is 35.4 Å². The summed E-state index contributed by atoms with van der Waals surface area (Å²) in [6.45, 7) is 13.4. The van der Waals surface area contributed by atoms with Crippen molar-refractivity contribution in [2.75, 3.05) is 33.0 Å². The molecule has 2 fully saturated rings. The Morgan fingerprint density at radius 2 is 1.86 bits per heavy atom. The first kappa shape index (κ1) is 19.3. The minimum absolute atomic E-state index is 0.132. The van der Waals surface area contributed by atoms with Gasteiger partial charge < -0.3 is 14.4 Å². The number of carbonyl (C=O) groups excluding carboxylic acids is 1. The van der Waals surface area contributed by atoms with Crippen LogP contribution in [0.1, 0.15) is 39.7 Å². The molecule has 1 aromatic rings. The van der Waals surface area contributed by atoms with Gasteiger partial charge in [0.25, 0.3) is 0 Å². The van der Waals surface area contributed by atoms with Crippen molar-refractivity contribution < 1.29 is 14.3 Å². The van der Waals surface area contributed by atoms with Crippen LogP contribution in [-0.2, 0) is 11.3 Å². The van der Waals surface area contributed by atoms with Crippen LogP contribution in [0.25, 0.3) is 0 Å². The summed E-state index contributed by atoms with van der Waals surface area (Å²) in [5.74, 6) is 2.70. The lowest BCUT2D eigenvalue weighted by Gasteiger charge is -2.35. The third-order valence-corrected chi connectivity index (χ3v) is 6.62. The lowest BCUT2D eigenvalue weighted by molar-refractivity contribution is -0.135. The van der Waals surface area contributed by atoms with Crippen LogP contribution in [0, 0.1) is 17.3 Å². The molecule has 3 aliphatic rings. The molecule has 152 valence electrons. The molecule has 2 heterocycles. The molecule has 2 atom stereocenters. The second-order valence-electron chi connectivity index (χ2n) is 9.21. The average Bonchev–Trinajstić information content (AvgIpc) is 2.99. The second kappa shape index (κ2) is 7.43. The fourth-order valence-corrected chi connectivity index (χ4v) is 4.66. The molecule has 0 spiro atoms. The highest BCUT2D eigenvalue weighted by atomic mass is 16.7. The van der Waals surface area contributed by atoms with Crippen LogP contribution >= 0.6 is 0 Å². The van der Waals surface area contributed by atoms with Gasteiger partial charge in [0.05, 0.1) is 0 Å². The largest absolute Gasteiger partial charge is 0.454 e. The first-order valence-corrected chi connectivity index (χ1v) is 10.4. The third-order valence-electron chi connectivity index (χ3n) is 6.62. The number of benzene rings is 1. The molecule has 0 radical (unpaired) electrons. The number of hydrogen-bond donors (Lipinski definition) is 0. The summed E-state index contributed by atoms with van der Waals surface area (Å²) in [4.78, 5) is 17.6. The van der Waals surface area contributed by atoms with Crippen LogP contribution in [0.4, 0.5) is 0 Å². The van der Waals surface area contributed by atoms with Crippen molar-refractivity contribution in [3.8, 4) is 11.5 Å². The quantitative estimate of drug-likeness (QED) is 0.726. The summed E-state index contributed by atoms with van der Waals surface area (Å²) in [6.07, 6.45) is 3.30. The number of piperazine rings is 1. The molecule has 1 saturated heterocycles. The maximum absolute atomic E-state index is 13.1.